The van der Waals surface area contributed by atoms with Gasteiger partial charge in [0.05, 0.1) is 23.5 Å². The number of anilines is 1. The fourth-order valence-corrected chi connectivity index (χ4v) is 5.72. The summed E-state index contributed by atoms with van der Waals surface area (Å²) < 4.78 is 3.38. The van der Waals surface area contributed by atoms with E-state index in [-0.39, 0.29) is 12.1 Å². The molecule has 1 aliphatic rings. The standard InChI is InChI=1S/C28H27BrN4S/c1-17-12-13-21(15-18(17)2)33-27(26(31-28(33)34)24-10-7-8-14-30-24)22-16-19(3)32(20(22)4)25-11-6-5-9-23(25)29/h5-16,26-27H,1-4H3,(H,31,34)/t26-,27+/m0/s1. The smallest absolute Gasteiger partial charge is 0.174 e. The fraction of sp³-hybridized carbons (Fsp3) is 0.214. The molecular formula is C28H27BrN4S. The van der Waals surface area contributed by atoms with Gasteiger partial charge in [-0.1, -0.05) is 24.3 Å². The van der Waals surface area contributed by atoms with Crippen molar-refractivity contribution in [1.82, 2.24) is 14.9 Å². The maximum atomic E-state index is 5.92. The molecule has 6 heteroatoms. The minimum Gasteiger partial charge on any atom is -0.351 e. The van der Waals surface area contributed by atoms with Crippen LogP contribution < -0.4 is 10.2 Å². The number of nitrogens with one attached hydrogen (secondary N) is 1. The zero-order valence-electron chi connectivity index (χ0n) is 19.7. The second kappa shape index (κ2) is 9.01. The summed E-state index contributed by atoms with van der Waals surface area (Å²) in [7, 11) is 0. The Labute approximate surface area is 214 Å². The largest absolute Gasteiger partial charge is 0.351 e. The molecule has 1 aliphatic heterocycles. The van der Waals surface area contributed by atoms with E-state index < -0.39 is 0 Å². The second-order valence-corrected chi connectivity index (χ2v) is 10.1. The monoisotopic (exact) mass is 530 g/mol. The van der Waals surface area contributed by atoms with Crippen LogP contribution in [0.1, 0.15) is 45.9 Å². The molecule has 1 saturated heterocycles. The number of halogens is 1. The van der Waals surface area contributed by atoms with Gasteiger partial charge < -0.3 is 14.8 Å². The van der Waals surface area contributed by atoms with Gasteiger partial charge in [0, 0.05) is 27.7 Å². The lowest BCUT2D eigenvalue weighted by atomic mass is 9.96. The first-order valence-electron chi connectivity index (χ1n) is 11.4. The topological polar surface area (TPSA) is 33.1 Å². The van der Waals surface area contributed by atoms with Crippen LogP contribution in [-0.4, -0.2) is 14.7 Å². The molecular weight excluding hydrogens is 504 g/mol. The van der Waals surface area contributed by atoms with Gasteiger partial charge in [-0.15, -0.1) is 0 Å². The molecule has 2 atom stereocenters. The van der Waals surface area contributed by atoms with Gasteiger partial charge in [-0.05, 0) is 115 Å². The molecule has 3 heterocycles. The van der Waals surface area contributed by atoms with E-state index in [0.717, 1.165) is 26.7 Å². The number of hydrogen-bond donors (Lipinski definition) is 1. The Kier molecular flexibility index (Phi) is 6.04. The first kappa shape index (κ1) is 22.8. The molecule has 34 heavy (non-hydrogen) atoms. The number of hydrogen-bond acceptors (Lipinski definition) is 2. The van der Waals surface area contributed by atoms with Crippen LogP contribution in [0, 0.1) is 27.7 Å². The Hall–Kier alpha value is -2.96. The zero-order chi connectivity index (χ0) is 24.0. The molecule has 1 fully saturated rings. The summed E-state index contributed by atoms with van der Waals surface area (Å²) in [6.07, 6.45) is 1.85. The van der Waals surface area contributed by atoms with E-state index in [1.54, 1.807) is 0 Å². The third kappa shape index (κ3) is 3.85. The Morgan fingerprint density at radius 3 is 2.38 bits per heavy atom. The van der Waals surface area contributed by atoms with Crippen molar-refractivity contribution in [2.45, 2.75) is 39.8 Å². The average Bonchev–Trinajstić information content (AvgIpc) is 3.32. The van der Waals surface area contributed by atoms with Gasteiger partial charge in [0.2, 0.25) is 0 Å². The highest BCUT2D eigenvalue weighted by molar-refractivity contribution is 9.10. The van der Waals surface area contributed by atoms with Crippen molar-refractivity contribution < 1.29 is 0 Å². The first-order valence-corrected chi connectivity index (χ1v) is 12.6. The predicted octanol–water partition coefficient (Wildman–Crippen LogP) is 7.05. The molecule has 4 aromatic rings. The van der Waals surface area contributed by atoms with E-state index in [1.165, 1.54) is 28.1 Å². The lowest BCUT2D eigenvalue weighted by Gasteiger charge is -2.28. The number of thiocarbonyl (C=S) groups is 1. The highest BCUT2D eigenvalue weighted by Gasteiger charge is 2.42. The van der Waals surface area contributed by atoms with E-state index in [4.69, 9.17) is 17.2 Å². The Balaban J connectivity index is 1.70. The van der Waals surface area contributed by atoms with Crippen molar-refractivity contribution in [3.63, 3.8) is 0 Å². The summed E-state index contributed by atoms with van der Waals surface area (Å²) in [5, 5.41) is 4.30. The molecule has 0 unspecified atom stereocenters. The van der Waals surface area contributed by atoms with Gasteiger partial charge in [0.1, 0.15) is 0 Å². The third-order valence-corrected chi connectivity index (χ3v) is 7.73. The quantitative estimate of drug-likeness (QED) is 0.286. The number of benzene rings is 2. The maximum Gasteiger partial charge on any atom is 0.174 e. The normalized spacial score (nSPS) is 17.8. The van der Waals surface area contributed by atoms with Crippen LogP contribution in [0.3, 0.4) is 0 Å². The minimum atomic E-state index is -0.0662. The SMILES string of the molecule is Cc1ccc(N2C(=S)N[C@@H](c3ccccn3)[C@H]2c2cc(C)n(-c3ccccc3Br)c2C)cc1C. The number of para-hydroxylation sites is 1. The Morgan fingerprint density at radius 2 is 1.68 bits per heavy atom. The van der Waals surface area contributed by atoms with Gasteiger partial charge in [0.25, 0.3) is 0 Å². The molecule has 0 aliphatic carbocycles. The molecule has 1 N–H and O–H groups in total. The summed E-state index contributed by atoms with van der Waals surface area (Å²) >= 11 is 9.66. The van der Waals surface area contributed by atoms with Crippen LogP contribution in [-0.2, 0) is 0 Å². The van der Waals surface area contributed by atoms with Gasteiger partial charge in [-0.2, -0.15) is 0 Å². The van der Waals surface area contributed by atoms with Crippen molar-refractivity contribution in [2.24, 2.45) is 0 Å². The highest BCUT2D eigenvalue weighted by atomic mass is 79.9. The average molecular weight is 532 g/mol. The molecule has 0 radical (unpaired) electrons. The first-order chi connectivity index (χ1) is 16.4. The van der Waals surface area contributed by atoms with Crippen LogP contribution in [0.4, 0.5) is 5.69 Å². The van der Waals surface area contributed by atoms with Crippen LogP contribution in [0.15, 0.2) is 77.4 Å². The lowest BCUT2D eigenvalue weighted by Crippen LogP contribution is -2.29. The van der Waals surface area contributed by atoms with Gasteiger partial charge in [0.15, 0.2) is 5.11 Å². The number of pyridine rings is 1. The summed E-state index contributed by atoms with van der Waals surface area (Å²) in [6.45, 7) is 8.64. The van der Waals surface area contributed by atoms with Crippen LogP contribution in [0.25, 0.3) is 5.69 Å². The number of aryl methyl sites for hydroxylation is 3. The summed E-state index contributed by atoms with van der Waals surface area (Å²) in [5.74, 6) is 0. The van der Waals surface area contributed by atoms with Crippen molar-refractivity contribution in [1.29, 1.82) is 0 Å². The Bertz CT molecular complexity index is 1380. The van der Waals surface area contributed by atoms with Crippen LogP contribution in [0.2, 0.25) is 0 Å². The number of rotatable bonds is 4. The summed E-state index contributed by atoms with van der Waals surface area (Å²) in [5.41, 5.74) is 9.32. The van der Waals surface area contributed by atoms with E-state index in [1.807, 2.05) is 24.4 Å². The summed E-state index contributed by atoms with van der Waals surface area (Å²) in [6, 6.07) is 23.1. The lowest BCUT2D eigenvalue weighted by molar-refractivity contribution is 0.565. The molecule has 0 amide bonds. The van der Waals surface area contributed by atoms with Gasteiger partial charge >= 0.3 is 0 Å². The molecule has 4 nitrogen and oxygen atoms in total. The molecule has 2 aromatic heterocycles. The third-order valence-electron chi connectivity index (χ3n) is 6.75. The van der Waals surface area contributed by atoms with Crippen LogP contribution in [0.5, 0.6) is 0 Å². The zero-order valence-corrected chi connectivity index (χ0v) is 22.1. The molecule has 172 valence electrons. The molecule has 5 rings (SSSR count). The highest BCUT2D eigenvalue weighted by Crippen LogP contribution is 2.44. The van der Waals surface area contributed by atoms with Gasteiger partial charge in [-0.3, -0.25) is 4.98 Å². The van der Waals surface area contributed by atoms with E-state index in [0.29, 0.717) is 0 Å². The number of nitrogens with zero attached hydrogens (tertiary/aromatic N) is 3. The van der Waals surface area contributed by atoms with Crippen molar-refractivity contribution in [2.75, 3.05) is 4.90 Å². The molecule has 2 aromatic carbocycles. The fourth-order valence-electron chi connectivity index (χ4n) is 4.92. The second-order valence-electron chi connectivity index (χ2n) is 8.88. The molecule has 0 spiro atoms. The maximum absolute atomic E-state index is 5.92. The predicted molar refractivity (Wildman–Crippen MR) is 147 cm³/mol. The van der Waals surface area contributed by atoms with E-state index in [9.17, 15) is 0 Å². The van der Waals surface area contributed by atoms with Crippen molar-refractivity contribution in [3.8, 4) is 5.69 Å². The molecule has 0 saturated carbocycles. The van der Waals surface area contributed by atoms with Crippen molar-refractivity contribution >= 4 is 38.9 Å². The Morgan fingerprint density at radius 1 is 0.912 bits per heavy atom. The van der Waals surface area contributed by atoms with Crippen LogP contribution >= 0.6 is 28.1 Å². The molecule has 0 bridgehead atoms. The van der Waals surface area contributed by atoms with E-state index in [2.05, 4.69) is 107 Å². The summed E-state index contributed by atoms with van der Waals surface area (Å²) in [4.78, 5) is 6.96. The van der Waals surface area contributed by atoms with E-state index >= 15 is 0 Å². The number of aromatic nitrogens is 2. The van der Waals surface area contributed by atoms with Crippen molar-refractivity contribution in [3.05, 3.63) is 111 Å². The van der Waals surface area contributed by atoms with Gasteiger partial charge in [-0.25, -0.2) is 0 Å². The minimum absolute atomic E-state index is 0.0352.